The number of benzene rings is 2. The van der Waals surface area contributed by atoms with Crippen molar-refractivity contribution in [2.45, 2.75) is 33.7 Å². The van der Waals surface area contributed by atoms with Gasteiger partial charge in [-0.15, -0.1) is 0 Å². The highest BCUT2D eigenvalue weighted by molar-refractivity contribution is 5.76. The lowest BCUT2D eigenvalue weighted by Gasteiger charge is -2.14. The molecule has 2 aromatic carbocycles. The number of para-hydroxylation sites is 1. The second-order valence-electron chi connectivity index (χ2n) is 6.12. The number of fused-ring (bicyclic) bond motifs is 1. The van der Waals surface area contributed by atoms with Crippen LogP contribution >= 0.6 is 0 Å². The topological polar surface area (TPSA) is 44.1 Å². The van der Waals surface area contributed by atoms with Crippen molar-refractivity contribution in [3.8, 4) is 5.75 Å². The Kier molecular flexibility index (Phi) is 4.65. The molecule has 0 bridgehead atoms. The molecular weight excluding hydrogens is 300 g/mol. The van der Waals surface area contributed by atoms with Crippen LogP contribution in [0.15, 0.2) is 47.5 Å². The Hall–Kier alpha value is -2.62. The summed E-state index contributed by atoms with van der Waals surface area (Å²) >= 11 is 0. The second kappa shape index (κ2) is 6.87. The Balaban J connectivity index is 1.67. The van der Waals surface area contributed by atoms with Gasteiger partial charge in [0.2, 0.25) is 0 Å². The van der Waals surface area contributed by atoms with Crippen LogP contribution in [-0.2, 0) is 6.54 Å². The van der Waals surface area contributed by atoms with Gasteiger partial charge < -0.3 is 4.74 Å². The number of hydrogen-bond donors (Lipinski definition) is 0. The fourth-order valence-corrected chi connectivity index (χ4v) is 2.82. The Morgan fingerprint density at radius 3 is 2.62 bits per heavy atom. The van der Waals surface area contributed by atoms with Crippen LogP contribution in [0.25, 0.3) is 10.9 Å². The molecule has 24 heavy (non-hydrogen) atoms. The van der Waals surface area contributed by atoms with Crippen molar-refractivity contribution in [1.82, 2.24) is 9.55 Å². The zero-order chi connectivity index (χ0) is 17.1. The maximum Gasteiger partial charge on any atom is 0.261 e. The first kappa shape index (κ1) is 16.2. The zero-order valence-electron chi connectivity index (χ0n) is 14.4. The lowest BCUT2D eigenvalue weighted by atomic mass is 10.1. The summed E-state index contributed by atoms with van der Waals surface area (Å²) in [6.07, 6.45) is 2.38. The molecule has 0 spiro atoms. The molecule has 0 fully saturated rings. The number of nitrogens with zero attached hydrogens (tertiary/aromatic N) is 2. The molecule has 1 heterocycles. The lowest BCUT2D eigenvalue weighted by molar-refractivity contribution is 0.297. The Morgan fingerprint density at radius 2 is 1.79 bits per heavy atom. The minimum Gasteiger partial charge on any atom is -0.493 e. The minimum atomic E-state index is 0.00326. The smallest absolute Gasteiger partial charge is 0.261 e. The molecule has 4 nitrogen and oxygen atoms in total. The minimum absolute atomic E-state index is 0.00326. The van der Waals surface area contributed by atoms with E-state index in [-0.39, 0.29) is 5.56 Å². The summed E-state index contributed by atoms with van der Waals surface area (Å²) in [6.45, 7) is 7.39. The van der Waals surface area contributed by atoms with E-state index in [1.54, 1.807) is 10.9 Å². The summed E-state index contributed by atoms with van der Waals surface area (Å²) < 4.78 is 7.62. The highest BCUT2D eigenvalue weighted by Gasteiger charge is 2.07. The van der Waals surface area contributed by atoms with E-state index in [0.717, 1.165) is 23.3 Å². The van der Waals surface area contributed by atoms with Gasteiger partial charge in [-0.25, -0.2) is 4.98 Å². The summed E-state index contributed by atoms with van der Waals surface area (Å²) in [5, 5.41) is 0.659. The average Bonchev–Trinajstić information content (AvgIpc) is 2.59. The van der Waals surface area contributed by atoms with Crippen molar-refractivity contribution in [2.75, 3.05) is 6.61 Å². The lowest BCUT2D eigenvalue weighted by Crippen LogP contribution is -2.21. The standard InChI is InChI=1S/C20H22N2O2/c1-14-9-10-15(2)19(16(14)3)24-12-6-11-22-13-21-18-8-5-4-7-17(18)20(22)23/h4-5,7-10,13H,6,11-12H2,1-3H3. The van der Waals surface area contributed by atoms with Gasteiger partial charge in [-0.1, -0.05) is 24.3 Å². The third-order valence-corrected chi connectivity index (χ3v) is 4.39. The van der Waals surface area contributed by atoms with Gasteiger partial charge in [0.15, 0.2) is 0 Å². The summed E-state index contributed by atoms with van der Waals surface area (Å²) in [5.41, 5.74) is 4.29. The first-order valence-corrected chi connectivity index (χ1v) is 8.21. The normalized spacial score (nSPS) is 11.0. The van der Waals surface area contributed by atoms with Crippen molar-refractivity contribution in [3.05, 3.63) is 69.8 Å². The number of aromatic nitrogens is 2. The van der Waals surface area contributed by atoms with Gasteiger partial charge in [-0.2, -0.15) is 0 Å². The molecule has 0 atom stereocenters. The summed E-state index contributed by atoms with van der Waals surface area (Å²) in [6, 6.07) is 11.6. The van der Waals surface area contributed by atoms with Crippen LogP contribution in [0.5, 0.6) is 5.75 Å². The molecule has 0 saturated carbocycles. The molecule has 3 rings (SSSR count). The van der Waals surface area contributed by atoms with Crippen molar-refractivity contribution in [1.29, 1.82) is 0 Å². The molecule has 124 valence electrons. The van der Waals surface area contributed by atoms with E-state index in [9.17, 15) is 4.79 Å². The molecule has 4 heteroatoms. The zero-order valence-corrected chi connectivity index (χ0v) is 14.4. The molecule has 0 saturated heterocycles. The third-order valence-electron chi connectivity index (χ3n) is 4.39. The SMILES string of the molecule is Cc1ccc(C)c(OCCCn2cnc3ccccc3c2=O)c1C. The first-order valence-electron chi connectivity index (χ1n) is 8.21. The van der Waals surface area contributed by atoms with Gasteiger partial charge >= 0.3 is 0 Å². The Labute approximate surface area is 141 Å². The molecule has 0 aliphatic rings. The van der Waals surface area contributed by atoms with Crippen molar-refractivity contribution >= 4 is 10.9 Å². The van der Waals surface area contributed by atoms with E-state index in [4.69, 9.17) is 4.74 Å². The summed E-state index contributed by atoms with van der Waals surface area (Å²) in [5.74, 6) is 0.957. The fourth-order valence-electron chi connectivity index (χ4n) is 2.82. The average molecular weight is 322 g/mol. The Bertz CT molecular complexity index is 929. The number of aryl methyl sites for hydroxylation is 3. The molecule has 1 aromatic heterocycles. The van der Waals surface area contributed by atoms with Crippen LogP contribution in [0.3, 0.4) is 0 Å². The van der Waals surface area contributed by atoms with Crippen LogP contribution in [0.2, 0.25) is 0 Å². The van der Waals surface area contributed by atoms with Crippen molar-refractivity contribution in [3.63, 3.8) is 0 Å². The van der Waals surface area contributed by atoms with Crippen LogP contribution in [0, 0.1) is 20.8 Å². The van der Waals surface area contributed by atoms with Gasteiger partial charge in [-0.05, 0) is 56.0 Å². The molecule has 0 radical (unpaired) electrons. The van der Waals surface area contributed by atoms with Crippen LogP contribution in [0.1, 0.15) is 23.1 Å². The summed E-state index contributed by atoms with van der Waals surface area (Å²) in [4.78, 5) is 16.8. The third kappa shape index (κ3) is 3.18. The first-order chi connectivity index (χ1) is 11.6. The van der Waals surface area contributed by atoms with E-state index >= 15 is 0 Å². The highest BCUT2D eigenvalue weighted by atomic mass is 16.5. The molecule has 0 unspecified atom stereocenters. The fraction of sp³-hybridized carbons (Fsp3) is 0.300. The highest BCUT2D eigenvalue weighted by Crippen LogP contribution is 2.25. The maximum atomic E-state index is 12.4. The predicted molar refractivity (Wildman–Crippen MR) is 96.8 cm³/mol. The molecule has 0 aliphatic heterocycles. The predicted octanol–water partition coefficient (Wildman–Crippen LogP) is 3.79. The molecular formula is C20H22N2O2. The largest absolute Gasteiger partial charge is 0.493 e. The van der Waals surface area contributed by atoms with Crippen molar-refractivity contribution < 1.29 is 4.74 Å². The van der Waals surface area contributed by atoms with Gasteiger partial charge in [-0.3, -0.25) is 9.36 Å². The van der Waals surface area contributed by atoms with Crippen LogP contribution in [0.4, 0.5) is 0 Å². The van der Waals surface area contributed by atoms with Gasteiger partial charge in [0.25, 0.3) is 5.56 Å². The molecule has 0 aliphatic carbocycles. The van der Waals surface area contributed by atoms with Crippen molar-refractivity contribution in [2.24, 2.45) is 0 Å². The second-order valence-corrected chi connectivity index (χ2v) is 6.12. The monoisotopic (exact) mass is 322 g/mol. The van der Waals surface area contributed by atoms with E-state index in [0.29, 0.717) is 18.5 Å². The Morgan fingerprint density at radius 1 is 1.04 bits per heavy atom. The maximum absolute atomic E-state index is 12.4. The van der Waals surface area contributed by atoms with E-state index < -0.39 is 0 Å². The number of rotatable bonds is 5. The number of ether oxygens (including phenoxy) is 1. The quantitative estimate of drug-likeness (QED) is 0.671. The summed E-state index contributed by atoms with van der Waals surface area (Å²) in [7, 11) is 0. The van der Waals surface area contributed by atoms with Gasteiger partial charge in [0.1, 0.15) is 5.75 Å². The molecule has 0 amide bonds. The van der Waals surface area contributed by atoms with Gasteiger partial charge in [0.05, 0.1) is 23.8 Å². The van der Waals surface area contributed by atoms with Gasteiger partial charge in [0, 0.05) is 6.54 Å². The van der Waals surface area contributed by atoms with E-state index in [1.807, 2.05) is 24.3 Å². The number of hydrogen-bond acceptors (Lipinski definition) is 3. The van der Waals surface area contributed by atoms with E-state index in [1.165, 1.54) is 11.1 Å². The van der Waals surface area contributed by atoms with Crippen LogP contribution < -0.4 is 10.3 Å². The molecule has 0 N–H and O–H groups in total. The van der Waals surface area contributed by atoms with E-state index in [2.05, 4.69) is 37.9 Å². The molecule has 3 aromatic rings. The van der Waals surface area contributed by atoms with Crippen LogP contribution in [-0.4, -0.2) is 16.2 Å².